The van der Waals surface area contributed by atoms with Crippen LogP contribution >= 0.6 is 0 Å². The molecule has 0 N–H and O–H groups in total. The molecule has 22 heavy (non-hydrogen) atoms. The van der Waals surface area contributed by atoms with Crippen molar-refractivity contribution < 1.29 is 19.1 Å². The lowest BCUT2D eigenvalue weighted by Crippen LogP contribution is -2.18. The fourth-order valence-corrected chi connectivity index (χ4v) is 2.24. The van der Waals surface area contributed by atoms with Gasteiger partial charge in [0.05, 0.1) is 5.56 Å². The first-order chi connectivity index (χ1) is 10.8. The molecule has 0 spiro atoms. The lowest BCUT2D eigenvalue weighted by atomic mass is 10.0. The van der Waals surface area contributed by atoms with Crippen molar-refractivity contribution in [1.29, 1.82) is 0 Å². The summed E-state index contributed by atoms with van der Waals surface area (Å²) in [5.41, 5.74) is 0.769. The Balaban J connectivity index is 1.69. The number of benzene rings is 1. The van der Waals surface area contributed by atoms with E-state index in [9.17, 15) is 9.59 Å². The molecule has 0 radical (unpaired) electrons. The molecule has 1 aliphatic heterocycles. The zero-order valence-corrected chi connectivity index (χ0v) is 11.8. The second kappa shape index (κ2) is 6.34. The Bertz CT molecular complexity index is 701. The summed E-state index contributed by atoms with van der Waals surface area (Å²) in [6.07, 6.45) is 3.01. The van der Waals surface area contributed by atoms with Gasteiger partial charge in [-0.25, -0.2) is 9.97 Å². The molecule has 0 aliphatic carbocycles. The van der Waals surface area contributed by atoms with Gasteiger partial charge in [-0.2, -0.15) is 0 Å². The molecule has 0 fully saturated rings. The predicted molar refractivity (Wildman–Crippen MR) is 77.4 cm³/mol. The average Bonchev–Trinajstić information content (AvgIpc) is 2.59. The summed E-state index contributed by atoms with van der Waals surface area (Å²) in [4.78, 5) is 31.9. The van der Waals surface area contributed by atoms with E-state index in [2.05, 4.69) is 9.97 Å². The minimum Gasteiger partial charge on any atom is -0.486 e. The minimum absolute atomic E-state index is 0.0976. The Morgan fingerprint density at radius 1 is 1.05 bits per heavy atom. The van der Waals surface area contributed by atoms with Crippen molar-refractivity contribution >= 4 is 11.6 Å². The molecule has 1 aromatic carbocycles. The number of fused-ring (bicyclic) bond motifs is 1. The number of ether oxygens (including phenoxy) is 2. The van der Waals surface area contributed by atoms with Gasteiger partial charge in [0.25, 0.3) is 0 Å². The summed E-state index contributed by atoms with van der Waals surface area (Å²) in [6.45, 7) is 0.883. The van der Waals surface area contributed by atoms with Gasteiger partial charge < -0.3 is 9.47 Å². The number of hydrogen-bond acceptors (Lipinski definition) is 6. The Morgan fingerprint density at radius 2 is 1.86 bits per heavy atom. The molecule has 1 aliphatic rings. The predicted octanol–water partition coefficient (Wildman–Crippen LogP) is 2.09. The van der Waals surface area contributed by atoms with Gasteiger partial charge in [0.2, 0.25) is 0 Å². The number of para-hydroxylation sites is 1. The van der Waals surface area contributed by atoms with Crippen LogP contribution in [0.5, 0.6) is 11.5 Å². The highest BCUT2D eigenvalue weighted by Gasteiger charge is 2.21. The van der Waals surface area contributed by atoms with Crippen molar-refractivity contribution in [2.45, 2.75) is 12.8 Å². The first-order valence-electron chi connectivity index (χ1n) is 6.97. The number of ketones is 2. The molecular formula is C16H14N2O4. The Labute approximate surface area is 127 Å². The van der Waals surface area contributed by atoms with Gasteiger partial charge >= 0.3 is 0 Å². The number of aromatic nitrogens is 2. The number of carbonyl (C=O) groups excluding carboxylic acids is 2. The molecule has 0 atom stereocenters. The smallest absolute Gasteiger partial charge is 0.181 e. The van der Waals surface area contributed by atoms with Crippen molar-refractivity contribution in [3.8, 4) is 11.5 Å². The van der Waals surface area contributed by atoms with Crippen molar-refractivity contribution in [2.75, 3.05) is 13.2 Å². The Kier molecular flexibility index (Phi) is 4.09. The first kappa shape index (κ1) is 14.2. The van der Waals surface area contributed by atoms with Crippen molar-refractivity contribution in [3.63, 3.8) is 0 Å². The molecule has 6 nitrogen and oxygen atoms in total. The number of rotatable bonds is 5. The summed E-state index contributed by atoms with van der Waals surface area (Å²) in [5, 5.41) is 0. The van der Waals surface area contributed by atoms with Crippen LogP contribution < -0.4 is 9.47 Å². The standard InChI is InChI=1S/C16H14N2O4/c19-13(4-5-14(20)12-6-7-17-10-18-12)11-2-1-3-15-16(11)22-9-8-21-15/h1-3,6-7,10H,4-5,8-9H2. The van der Waals surface area contributed by atoms with Gasteiger partial charge in [-0.15, -0.1) is 0 Å². The maximum Gasteiger partial charge on any atom is 0.181 e. The Hall–Kier alpha value is -2.76. The third kappa shape index (κ3) is 2.95. The van der Waals surface area contributed by atoms with Crippen LogP contribution in [0.2, 0.25) is 0 Å². The van der Waals surface area contributed by atoms with E-state index in [1.54, 1.807) is 18.2 Å². The van der Waals surface area contributed by atoms with Crippen molar-refractivity contribution in [3.05, 3.63) is 48.0 Å². The second-order valence-electron chi connectivity index (χ2n) is 4.77. The van der Waals surface area contributed by atoms with E-state index in [0.717, 1.165) is 0 Å². The molecule has 2 heterocycles. The van der Waals surface area contributed by atoms with Crippen LogP contribution in [0, 0.1) is 0 Å². The molecule has 3 rings (SSSR count). The summed E-state index contributed by atoms with van der Waals surface area (Å²) in [6, 6.07) is 6.73. The van der Waals surface area contributed by atoms with Gasteiger partial charge in [0.1, 0.15) is 25.2 Å². The average molecular weight is 298 g/mol. The lowest BCUT2D eigenvalue weighted by Gasteiger charge is -2.20. The van der Waals surface area contributed by atoms with Crippen LogP contribution in [0.4, 0.5) is 0 Å². The molecule has 6 heteroatoms. The summed E-state index contributed by atoms with van der Waals surface area (Å²) >= 11 is 0. The normalized spacial score (nSPS) is 12.7. The summed E-state index contributed by atoms with van der Waals surface area (Å²) in [7, 11) is 0. The second-order valence-corrected chi connectivity index (χ2v) is 4.77. The molecule has 112 valence electrons. The number of nitrogens with zero attached hydrogens (tertiary/aromatic N) is 2. The van der Waals surface area contributed by atoms with Gasteiger partial charge in [-0.3, -0.25) is 9.59 Å². The van der Waals surface area contributed by atoms with Crippen LogP contribution in [-0.2, 0) is 0 Å². The van der Waals surface area contributed by atoms with E-state index in [1.165, 1.54) is 18.6 Å². The molecule has 0 unspecified atom stereocenters. The molecule has 0 saturated heterocycles. The summed E-state index contributed by atoms with van der Waals surface area (Å²) < 4.78 is 11.0. The van der Waals surface area contributed by atoms with Gasteiger partial charge in [-0.1, -0.05) is 6.07 Å². The zero-order chi connectivity index (χ0) is 15.4. The van der Waals surface area contributed by atoms with E-state index in [1.807, 2.05) is 0 Å². The first-order valence-corrected chi connectivity index (χ1v) is 6.97. The van der Waals surface area contributed by atoms with E-state index < -0.39 is 0 Å². The monoisotopic (exact) mass is 298 g/mol. The highest BCUT2D eigenvalue weighted by Crippen LogP contribution is 2.34. The quantitative estimate of drug-likeness (QED) is 0.786. The zero-order valence-electron chi connectivity index (χ0n) is 11.8. The van der Waals surface area contributed by atoms with Crippen molar-refractivity contribution in [1.82, 2.24) is 9.97 Å². The Morgan fingerprint density at radius 3 is 2.68 bits per heavy atom. The maximum absolute atomic E-state index is 12.3. The molecule has 0 bridgehead atoms. The third-order valence-electron chi connectivity index (χ3n) is 3.31. The third-order valence-corrected chi connectivity index (χ3v) is 3.31. The highest BCUT2D eigenvalue weighted by atomic mass is 16.6. The fourth-order valence-electron chi connectivity index (χ4n) is 2.24. The minimum atomic E-state index is -0.183. The number of hydrogen-bond donors (Lipinski definition) is 0. The van der Waals surface area contributed by atoms with E-state index >= 15 is 0 Å². The molecule has 0 amide bonds. The largest absolute Gasteiger partial charge is 0.486 e. The van der Waals surface area contributed by atoms with E-state index in [4.69, 9.17) is 9.47 Å². The summed E-state index contributed by atoms with van der Waals surface area (Å²) in [5.74, 6) is 0.704. The highest BCUT2D eigenvalue weighted by molar-refractivity contribution is 6.03. The lowest BCUT2D eigenvalue weighted by molar-refractivity contribution is 0.0909. The molecular weight excluding hydrogens is 284 g/mol. The van der Waals surface area contributed by atoms with Crippen molar-refractivity contribution in [2.24, 2.45) is 0 Å². The number of Topliss-reactive ketones (excluding diaryl/α,β-unsaturated/α-hetero) is 2. The number of carbonyl (C=O) groups is 2. The van der Waals surface area contributed by atoms with Crippen LogP contribution in [0.15, 0.2) is 36.8 Å². The molecule has 0 saturated carbocycles. The van der Waals surface area contributed by atoms with Gasteiger partial charge in [0, 0.05) is 19.0 Å². The van der Waals surface area contributed by atoms with Crippen LogP contribution in [0.3, 0.4) is 0 Å². The topological polar surface area (TPSA) is 78.4 Å². The van der Waals surface area contributed by atoms with E-state index in [-0.39, 0.29) is 24.4 Å². The van der Waals surface area contributed by atoms with Crippen LogP contribution in [-0.4, -0.2) is 34.7 Å². The van der Waals surface area contributed by atoms with Gasteiger partial charge in [-0.05, 0) is 18.2 Å². The fraction of sp³-hybridized carbons (Fsp3) is 0.250. The molecule has 2 aromatic rings. The van der Waals surface area contributed by atoms with Crippen LogP contribution in [0.1, 0.15) is 33.7 Å². The van der Waals surface area contributed by atoms with Crippen LogP contribution in [0.25, 0.3) is 0 Å². The SMILES string of the molecule is O=C(CCC(=O)c1cccc2c1OCCO2)c1ccncn1. The maximum atomic E-state index is 12.3. The molecule has 1 aromatic heterocycles. The van der Waals surface area contributed by atoms with E-state index in [0.29, 0.717) is 36.0 Å². The van der Waals surface area contributed by atoms with Gasteiger partial charge in [0.15, 0.2) is 23.1 Å².